The van der Waals surface area contributed by atoms with Gasteiger partial charge in [0.25, 0.3) is 5.91 Å². The van der Waals surface area contributed by atoms with E-state index in [9.17, 15) is 4.79 Å². The van der Waals surface area contributed by atoms with Crippen molar-refractivity contribution in [3.05, 3.63) is 47.2 Å². The Hall–Kier alpha value is -2.43. The fourth-order valence-electron chi connectivity index (χ4n) is 1.64. The Bertz CT molecular complexity index is 593. The van der Waals surface area contributed by atoms with E-state index in [0.29, 0.717) is 11.5 Å². The first kappa shape index (κ1) is 13.0. The SMILES string of the molecule is CNc1ccc(C(=O)Nc2cc(C)ccc2C)nn1. The number of anilines is 2. The smallest absolute Gasteiger partial charge is 0.276 e. The molecule has 98 valence electrons. The molecule has 5 heteroatoms. The van der Waals surface area contributed by atoms with Gasteiger partial charge in [0, 0.05) is 12.7 Å². The molecule has 0 spiro atoms. The Morgan fingerprint density at radius 3 is 2.53 bits per heavy atom. The van der Waals surface area contributed by atoms with E-state index in [1.807, 2.05) is 32.0 Å². The molecule has 0 fully saturated rings. The summed E-state index contributed by atoms with van der Waals surface area (Å²) in [5, 5.41) is 13.4. The predicted molar refractivity (Wildman–Crippen MR) is 75.4 cm³/mol. The molecule has 19 heavy (non-hydrogen) atoms. The summed E-state index contributed by atoms with van der Waals surface area (Å²) in [6, 6.07) is 9.26. The van der Waals surface area contributed by atoms with E-state index in [0.717, 1.165) is 16.8 Å². The number of aromatic nitrogens is 2. The first-order valence-corrected chi connectivity index (χ1v) is 6.00. The maximum Gasteiger partial charge on any atom is 0.276 e. The summed E-state index contributed by atoms with van der Waals surface area (Å²) >= 11 is 0. The summed E-state index contributed by atoms with van der Waals surface area (Å²) in [5.74, 6) is 0.368. The van der Waals surface area contributed by atoms with Crippen LogP contribution in [0.15, 0.2) is 30.3 Å². The highest BCUT2D eigenvalue weighted by Gasteiger charge is 2.09. The Balaban J connectivity index is 2.18. The summed E-state index contributed by atoms with van der Waals surface area (Å²) in [6.45, 7) is 3.93. The van der Waals surface area contributed by atoms with E-state index in [2.05, 4.69) is 20.8 Å². The first-order chi connectivity index (χ1) is 9.10. The number of nitrogens with zero attached hydrogens (tertiary/aromatic N) is 2. The molecule has 0 saturated heterocycles. The van der Waals surface area contributed by atoms with Crippen molar-refractivity contribution in [2.75, 3.05) is 17.7 Å². The molecule has 5 nitrogen and oxygen atoms in total. The Morgan fingerprint density at radius 1 is 1.11 bits per heavy atom. The van der Waals surface area contributed by atoms with E-state index in [-0.39, 0.29) is 5.91 Å². The number of rotatable bonds is 3. The van der Waals surface area contributed by atoms with E-state index in [4.69, 9.17) is 0 Å². The molecule has 1 aromatic carbocycles. The number of nitrogens with one attached hydrogen (secondary N) is 2. The third kappa shape index (κ3) is 3.07. The van der Waals surface area contributed by atoms with Crippen LogP contribution in [-0.4, -0.2) is 23.2 Å². The van der Waals surface area contributed by atoms with Crippen molar-refractivity contribution < 1.29 is 4.79 Å². The second kappa shape index (κ2) is 5.48. The van der Waals surface area contributed by atoms with Crippen LogP contribution in [0.2, 0.25) is 0 Å². The molecule has 0 aliphatic carbocycles. The summed E-state index contributed by atoms with van der Waals surface area (Å²) in [6.07, 6.45) is 0. The Morgan fingerprint density at radius 2 is 1.89 bits per heavy atom. The molecule has 0 saturated carbocycles. The third-order valence-corrected chi connectivity index (χ3v) is 2.79. The standard InChI is InChI=1S/C14H16N4O/c1-9-4-5-10(2)12(8-9)16-14(19)11-6-7-13(15-3)18-17-11/h4-8H,1-3H3,(H,15,18)(H,16,19). The van der Waals surface area contributed by atoms with Crippen LogP contribution in [0.25, 0.3) is 0 Å². The number of carbonyl (C=O) groups excluding carboxylic acids is 1. The average Bonchev–Trinajstić information content (AvgIpc) is 2.43. The molecular formula is C14H16N4O. The lowest BCUT2D eigenvalue weighted by Gasteiger charge is -2.08. The zero-order valence-corrected chi connectivity index (χ0v) is 11.2. The second-order valence-corrected chi connectivity index (χ2v) is 4.33. The molecule has 0 unspecified atom stereocenters. The Kier molecular flexibility index (Phi) is 3.75. The van der Waals surface area contributed by atoms with Gasteiger partial charge < -0.3 is 10.6 Å². The van der Waals surface area contributed by atoms with Crippen molar-refractivity contribution in [3.63, 3.8) is 0 Å². The number of hydrogen-bond donors (Lipinski definition) is 2. The highest BCUT2D eigenvalue weighted by Crippen LogP contribution is 2.17. The van der Waals surface area contributed by atoms with Gasteiger partial charge in [-0.3, -0.25) is 4.79 Å². The maximum atomic E-state index is 12.0. The number of aryl methyl sites for hydroxylation is 2. The van der Waals surface area contributed by atoms with Gasteiger partial charge in [-0.1, -0.05) is 12.1 Å². The lowest BCUT2D eigenvalue weighted by atomic mass is 10.1. The zero-order valence-electron chi connectivity index (χ0n) is 11.2. The van der Waals surface area contributed by atoms with Crippen molar-refractivity contribution in [2.24, 2.45) is 0 Å². The van der Waals surface area contributed by atoms with Crippen LogP contribution in [-0.2, 0) is 0 Å². The van der Waals surface area contributed by atoms with Crippen molar-refractivity contribution in [3.8, 4) is 0 Å². The normalized spacial score (nSPS) is 10.1. The van der Waals surface area contributed by atoms with E-state index in [1.54, 1.807) is 19.2 Å². The van der Waals surface area contributed by atoms with Gasteiger partial charge in [-0.25, -0.2) is 0 Å². The maximum absolute atomic E-state index is 12.0. The van der Waals surface area contributed by atoms with Crippen LogP contribution in [0, 0.1) is 13.8 Å². The van der Waals surface area contributed by atoms with Gasteiger partial charge >= 0.3 is 0 Å². The lowest BCUT2D eigenvalue weighted by Crippen LogP contribution is -2.15. The van der Waals surface area contributed by atoms with Crippen molar-refractivity contribution in [1.82, 2.24) is 10.2 Å². The van der Waals surface area contributed by atoms with Gasteiger partial charge in [0.1, 0.15) is 5.82 Å². The van der Waals surface area contributed by atoms with Gasteiger partial charge in [0.2, 0.25) is 0 Å². The highest BCUT2D eigenvalue weighted by molar-refractivity contribution is 6.03. The van der Waals surface area contributed by atoms with E-state index in [1.165, 1.54) is 0 Å². The van der Waals surface area contributed by atoms with Crippen LogP contribution < -0.4 is 10.6 Å². The van der Waals surface area contributed by atoms with Crippen molar-refractivity contribution >= 4 is 17.4 Å². The molecule has 1 heterocycles. The molecule has 2 aromatic rings. The van der Waals surface area contributed by atoms with Gasteiger partial charge in [0.05, 0.1) is 0 Å². The topological polar surface area (TPSA) is 66.9 Å². The number of carbonyl (C=O) groups is 1. The molecule has 1 amide bonds. The molecule has 0 aliphatic rings. The minimum Gasteiger partial charge on any atom is -0.372 e. The molecule has 0 radical (unpaired) electrons. The lowest BCUT2D eigenvalue weighted by molar-refractivity contribution is 0.102. The van der Waals surface area contributed by atoms with E-state index < -0.39 is 0 Å². The van der Waals surface area contributed by atoms with Crippen molar-refractivity contribution in [1.29, 1.82) is 0 Å². The molecule has 2 N–H and O–H groups in total. The largest absolute Gasteiger partial charge is 0.372 e. The molecular weight excluding hydrogens is 240 g/mol. The minimum absolute atomic E-state index is 0.260. The third-order valence-electron chi connectivity index (χ3n) is 2.79. The Labute approximate surface area is 112 Å². The molecule has 0 aliphatic heterocycles. The molecule has 1 aromatic heterocycles. The average molecular weight is 256 g/mol. The predicted octanol–water partition coefficient (Wildman–Crippen LogP) is 2.39. The van der Waals surface area contributed by atoms with E-state index >= 15 is 0 Å². The summed E-state index contributed by atoms with van der Waals surface area (Å²) in [4.78, 5) is 12.0. The number of hydrogen-bond acceptors (Lipinski definition) is 4. The van der Waals surface area contributed by atoms with Crippen molar-refractivity contribution in [2.45, 2.75) is 13.8 Å². The highest BCUT2D eigenvalue weighted by atomic mass is 16.1. The number of benzene rings is 1. The van der Waals surface area contributed by atoms with Crippen LogP contribution in [0.4, 0.5) is 11.5 Å². The molecule has 0 bridgehead atoms. The zero-order chi connectivity index (χ0) is 13.8. The molecule has 0 atom stereocenters. The quantitative estimate of drug-likeness (QED) is 0.884. The minimum atomic E-state index is -0.260. The van der Waals surface area contributed by atoms with Gasteiger partial charge in [-0.05, 0) is 43.2 Å². The first-order valence-electron chi connectivity index (χ1n) is 6.00. The monoisotopic (exact) mass is 256 g/mol. The van der Waals surface area contributed by atoms with Gasteiger partial charge in [-0.15, -0.1) is 10.2 Å². The van der Waals surface area contributed by atoms with Crippen LogP contribution in [0.3, 0.4) is 0 Å². The van der Waals surface area contributed by atoms with Crippen LogP contribution in [0.5, 0.6) is 0 Å². The van der Waals surface area contributed by atoms with Crippen LogP contribution >= 0.6 is 0 Å². The summed E-state index contributed by atoms with van der Waals surface area (Å²) in [7, 11) is 1.75. The van der Waals surface area contributed by atoms with Gasteiger partial charge in [0.15, 0.2) is 5.69 Å². The molecule has 2 rings (SSSR count). The van der Waals surface area contributed by atoms with Crippen LogP contribution in [0.1, 0.15) is 21.6 Å². The fourth-order valence-corrected chi connectivity index (χ4v) is 1.64. The summed E-state index contributed by atoms with van der Waals surface area (Å²) in [5.41, 5.74) is 3.20. The fraction of sp³-hybridized carbons (Fsp3) is 0.214. The number of amides is 1. The summed E-state index contributed by atoms with van der Waals surface area (Å²) < 4.78 is 0. The van der Waals surface area contributed by atoms with Gasteiger partial charge in [-0.2, -0.15) is 0 Å². The second-order valence-electron chi connectivity index (χ2n) is 4.33.